The van der Waals surface area contributed by atoms with Gasteiger partial charge in [-0.15, -0.1) is 0 Å². The molecule has 2 atom stereocenters. The van der Waals surface area contributed by atoms with Gasteiger partial charge in [-0.05, 0) is 5.92 Å². The average Bonchev–Trinajstić information content (AvgIpc) is 2.43. The third-order valence-corrected chi connectivity index (χ3v) is 3.99. The summed E-state index contributed by atoms with van der Waals surface area (Å²) in [6.07, 6.45) is -0.793. The van der Waals surface area contributed by atoms with Crippen molar-refractivity contribution in [2.75, 3.05) is 6.61 Å². The van der Waals surface area contributed by atoms with Gasteiger partial charge in [0.2, 0.25) is 6.10 Å². The number of rotatable bonds is 3. The van der Waals surface area contributed by atoms with Gasteiger partial charge in [-0.1, -0.05) is 43.6 Å². The lowest BCUT2D eigenvalue weighted by molar-refractivity contribution is -0.163. The predicted octanol–water partition coefficient (Wildman–Crippen LogP) is 1.90. The molecule has 0 radical (unpaired) electrons. The number of alkyl halides is 1. The third-order valence-electron chi connectivity index (χ3n) is 2.55. The number of hydrogen-bond donors (Lipinski definition) is 0. The molecule has 0 aromatic heterocycles. The summed E-state index contributed by atoms with van der Waals surface area (Å²) < 4.78 is 10.1. The van der Waals surface area contributed by atoms with Gasteiger partial charge < -0.3 is 9.47 Å². The predicted molar refractivity (Wildman–Crippen MR) is 62.2 cm³/mol. The van der Waals surface area contributed by atoms with Gasteiger partial charge in [0.25, 0.3) is 0 Å². The Labute approximate surface area is 104 Å². The topological polar surface area (TPSA) is 52.6 Å². The Morgan fingerprint density at radius 1 is 1.56 bits per heavy atom. The van der Waals surface area contributed by atoms with E-state index in [4.69, 9.17) is 9.47 Å². The van der Waals surface area contributed by atoms with Gasteiger partial charge in [-0.2, -0.15) is 0 Å². The quantitative estimate of drug-likeness (QED) is 0.589. The van der Waals surface area contributed by atoms with E-state index >= 15 is 0 Å². The number of hydrogen-bond acceptors (Lipinski definition) is 4. The van der Waals surface area contributed by atoms with E-state index in [0.717, 1.165) is 0 Å². The minimum absolute atomic E-state index is 0.119. The van der Waals surface area contributed by atoms with E-state index in [2.05, 4.69) is 15.9 Å². The number of esters is 2. The van der Waals surface area contributed by atoms with Crippen LogP contribution >= 0.6 is 15.9 Å². The molecule has 1 fully saturated rings. The van der Waals surface area contributed by atoms with E-state index in [1.54, 1.807) is 0 Å². The molecule has 0 spiro atoms. The summed E-state index contributed by atoms with van der Waals surface area (Å²) in [6, 6.07) is 0. The Kier molecular flexibility index (Phi) is 3.99. The summed E-state index contributed by atoms with van der Waals surface area (Å²) in [5, 5.41) is 0. The Balaban J connectivity index is 2.67. The number of ether oxygens (including phenoxy) is 2. The summed E-state index contributed by atoms with van der Waals surface area (Å²) in [7, 11) is 0. The van der Waals surface area contributed by atoms with Crippen LogP contribution in [0.25, 0.3) is 0 Å². The first kappa shape index (κ1) is 13.5. The van der Waals surface area contributed by atoms with Gasteiger partial charge in [0, 0.05) is 5.41 Å². The maximum Gasteiger partial charge on any atom is 0.348 e. The summed E-state index contributed by atoms with van der Waals surface area (Å²) in [6.45, 7) is 7.78. The van der Waals surface area contributed by atoms with Crippen molar-refractivity contribution < 1.29 is 19.1 Å². The molecule has 0 saturated carbocycles. The molecule has 1 saturated heterocycles. The Hall–Kier alpha value is -0.580. The summed E-state index contributed by atoms with van der Waals surface area (Å²) in [4.78, 5) is 22.7. The van der Waals surface area contributed by atoms with E-state index in [-0.39, 0.29) is 5.92 Å². The SMILES string of the molecule is CC(C)[C@@H](Br)C(=O)O[C@H]1C(=O)OCC1(C)C. The highest BCUT2D eigenvalue weighted by molar-refractivity contribution is 9.10. The zero-order valence-corrected chi connectivity index (χ0v) is 11.5. The molecule has 0 N–H and O–H groups in total. The van der Waals surface area contributed by atoms with Crippen LogP contribution in [-0.4, -0.2) is 29.5 Å². The number of carbonyl (C=O) groups is 2. The number of cyclic esters (lactones) is 1. The maximum absolute atomic E-state index is 11.7. The average molecular weight is 293 g/mol. The third kappa shape index (κ3) is 2.75. The molecule has 0 aromatic rings. The molecule has 92 valence electrons. The van der Waals surface area contributed by atoms with Gasteiger partial charge in [0.1, 0.15) is 11.4 Å². The van der Waals surface area contributed by atoms with Crippen LogP contribution in [0.15, 0.2) is 0 Å². The second-order valence-corrected chi connectivity index (χ2v) is 6.05. The molecule has 1 aliphatic heterocycles. The van der Waals surface area contributed by atoms with Crippen LogP contribution in [0.3, 0.4) is 0 Å². The fourth-order valence-corrected chi connectivity index (χ4v) is 1.50. The van der Waals surface area contributed by atoms with Crippen LogP contribution in [0.4, 0.5) is 0 Å². The minimum atomic E-state index is -0.793. The first-order valence-electron chi connectivity index (χ1n) is 5.27. The normalized spacial score (nSPS) is 25.4. The molecule has 0 aromatic carbocycles. The molecule has 16 heavy (non-hydrogen) atoms. The van der Waals surface area contributed by atoms with Gasteiger partial charge >= 0.3 is 11.9 Å². The molecule has 4 nitrogen and oxygen atoms in total. The van der Waals surface area contributed by atoms with Crippen LogP contribution in [0, 0.1) is 11.3 Å². The first-order valence-corrected chi connectivity index (χ1v) is 6.18. The van der Waals surface area contributed by atoms with E-state index in [1.165, 1.54) is 0 Å². The van der Waals surface area contributed by atoms with Crippen molar-refractivity contribution in [3.8, 4) is 0 Å². The minimum Gasteiger partial charge on any atom is -0.462 e. The van der Waals surface area contributed by atoms with E-state index < -0.39 is 28.3 Å². The molecule has 1 rings (SSSR count). The molecular weight excluding hydrogens is 276 g/mol. The molecule has 1 heterocycles. The zero-order chi connectivity index (χ0) is 12.5. The fraction of sp³-hybridized carbons (Fsp3) is 0.818. The van der Waals surface area contributed by atoms with Crippen molar-refractivity contribution in [1.29, 1.82) is 0 Å². The van der Waals surface area contributed by atoms with Crippen LogP contribution < -0.4 is 0 Å². The molecule has 1 aliphatic rings. The van der Waals surface area contributed by atoms with Crippen molar-refractivity contribution in [3.05, 3.63) is 0 Å². The molecule has 0 unspecified atom stereocenters. The number of halogens is 1. The fourth-order valence-electron chi connectivity index (χ4n) is 1.39. The Morgan fingerprint density at radius 2 is 2.12 bits per heavy atom. The summed E-state index contributed by atoms with van der Waals surface area (Å²) in [5.41, 5.74) is -0.448. The molecule has 5 heteroatoms. The monoisotopic (exact) mass is 292 g/mol. The van der Waals surface area contributed by atoms with Gasteiger partial charge in [0.05, 0.1) is 0 Å². The molecule has 0 amide bonds. The molecule has 0 bridgehead atoms. The van der Waals surface area contributed by atoms with Crippen molar-refractivity contribution >= 4 is 27.9 Å². The highest BCUT2D eigenvalue weighted by Gasteiger charge is 2.47. The number of carbonyl (C=O) groups excluding carboxylic acids is 2. The maximum atomic E-state index is 11.7. The second-order valence-electron chi connectivity index (χ2n) is 5.06. The smallest absolute Gasteiger partial charge is 0.348 e. The van der Waals surface area contributed by atoms with E-state index in [9.17, 15) is 9.59 Å². The Bertz CT molecular complexity index is 298. The van der Waals surface area contributed by atoms with Crippen molar-refractivity contribution in [1.82, 2.24) is 0 Å². The van der Waals surface area contributed by atoms with Crippen LogP contribution in [0.2, 0.25) is 0 Å². The van der Waals surface area contributed by atoms with Gasteiger partial charge in [-0.25, -0.2) is 4.79 Å². The van der Waals surface area contributed by atoms with Crippen molar-refractivity contribution in [2.24, 2.45) is 11.3 Å². The summed E-state index contributed by atoms with van der Waals surface area (Å²) >= 11 is 3.25. The van der Waals surface area contributed by atoms with Crippen molar-refractivity contribution in [2.45, 2.75) is 38.6 Å². The standard InChI is InChI=1S/C11H17BrO4/c1-6(2)7(12)9(13)16-8-10(14)15-5-11(8,3)4/h6-8H,5H2,1-4H3/t7-,8+/m1/s1. The highest BCUT2D eigenvalue weighted by atomic mass is 79.9. The zero-order valence-electron chi connectivity index (χ0n) is 9.95. The van der Waals surface area contributed by atoms with Crippen LogP contribution in [0.5, 0.6) is 0 Å². The lowest BCUT2D eigenvalue weighted by Crippen LogP contribution is -2.38. The van der Waals surface area contributed by atoms with E-state index in [0.29, 0.717) is 6.61 Å². The Morgan fingerprint density at radius 3 is 2.50 bits per heavy atom. The highest BCUT2D eigenvalue weighted by Crippen LogP contribution is 2.31. The van der Waals surface area contributed by atoms with Crippen molar-refractivity contribution in [3.63, 3.8) is 0 Å². The molecular formula is C11H17BrO4. The lowest BCUT2D eigenvalue weighted by Gasteiger charge is -2.23. The van der Waals surface area contributed by atoms with E-state index in [1.807, 2.05) is 27.7 Å². The van der Waals surface area contributed by atoms with Gasteiger partial charge in [-0.3, -0.25) is 4.79 Å². The molecule has 0 aliphatic carbocycles. The van der Waals surface area contributed by atoms with Crippen LogP contribution in [0.1, 0.15) is 27.7 Å². The summed E-state index contributed by atoms with van der Waals surface area (Å²) in [5.74, 6) is -0.748. The van der Waals surface area contributed by atoms with Gasteiger partial charge in [0.15, 0.2) is 0 Å². The van der Waals surface area contributed by atoms with Crippen LogP contribution in [-0.2, 0) is 19.1 Å². The lowest BCUT2D eigenvalue weighted by atomic mass is 9.90. The largest absolute Gasteiger partial charge is 0.462 e. The first-order chi connectivity index (χ1) is 7.25. The second kappa shape index (κ2) is 4.73.